The molecule has 1 aliphatic heterocycles. The molecule has 0 bridgehead atoms. The van der Waals surface area contributed by atoms with E-state index in [1.165, 1.54) is 37.1 Å². The number of carbonyl (C=O) groups is 2. The smallest absolute Gasteiger partial charge is 0.317 e. The van der Waals surface area contributed by atoms with Crippen LogP contribution in [0.4, 0.5) is 4.79 Å². The normalized spacial score (nSPS) is 14.3. The summed E-state index contributed by atoms with van der Waals surface area (Å²) in [4.78, 5) is 29.9. The van der Waals surface area contributed by atoms with Gasteiger partial charge in [0.1, 0.15) is 0 Å². The predicted molar refractivity (Wildman–Crippen MR) is 122 cm³/mol. The van der Waals surface area contributed by atoms with Crippen molar-refractivity contribution in [3.8, 4) is 0 Å². The molecule has 1 unspecified atom stereocenters. The quantitative estimate of drug-likeness (QED) is 0.654. The van der Waals surface area contributed by atoms with E-state index in [1.807, 2.05) is 32.3 Å². The molecule has 7 heteroatoms. The highest BCUT2D eigenvalue weighted by Gasteiger charge is 2.19. The minimum atomic E-state index is -0.250. The van der Waals surface area contributed by atoms with Crippen molar-refractivity contribution < 1.29 is 14.7 Å². The zero-order valence-electron chi connectivity index (χ0n) is 18.8. The number of carbonyl (C=O) groups excluding carboxylic acids is 1. The third kappa shape index (κ3) is 7.68. The van der Waals surface area contributed by atoms with Gasteiger partial charge in [0, 0.05) is 26.3 Å². The van der Waals surface area contributed by atoms with Crippen LogP contribution in [0.3, 0.4) is 0 Å². The van der Waals surface area contributed by atoms with Crippen molar-refractivity contribution in [3.05, 3.63) is 65.0 Å². The van der Waals surface area contributed by atoms with Gasteiger partial charge >= 0.3 is 6.03 Å². The highest BCUT2D eigenvalue weighted by molar-refractivity contribution is 5.74. The van der Waals surface area contributed by atoms with Gasteiger partial charge in [0.05, 0.1) is 11.7 Å². The van der Waals surface area contributed by atoms with E-state index < -0.39 is 0 Å². The molecule has 2 amide bonds. The molecule has 168 valence electrons. The lowest BCUT2D eigenvalue weighted by atomic mass is 10.1. The molecule has 1 fully saturated rings. The minimum Gasteiger partial charge on any atom is -0.483 e. The van der Waals surface area contributed by atoms with Crippen LogP contribution in [0.1, 0.15) is 54.6 Å². The van der Waals surface area contributed by atoms with Gasteiger partial charge in [-0.2, -0.15) is 0 Å². The maximum Gasteiger partial charge on any atom is 0.317 e. The monoisotopic (exact) mass is 426 g/mol. The molecule has 0 spiro atoms. The van der Waals surface area contributed by atoms with E-state index in [0.29, 0.717) is 6.54 Å². The van der Waals surface area contributed by atoms with Crippen LogP contribution in [-0.4, -0.2) is 52.5 Å². The van der Waals surface area contributed by atoms with Crippen molar-refractivity contribution in [1.82, 2.24) is 20.1 Å². The molecule has 2 heterocycles. The number of benzene rings is 1. The van der Waals surface area contributed by atoms with Crippen molar-refractivity contribution in [2.75, 3.05) is 20.1 Å². The first-order valence-electron chi connectivity index (χ1n) is 10.8. The van der Waals surface area contributed by atoms with Crippen molar-refractivity contribution in [1.29, 1.82) is 0 Å². The third-order valence-corrected chi connectivity index (χ3v) is 5.46. The number of rotatable bonds is 7. The van der Waals surface area contributed by atoms with E-state index in [1.54, 1.807) is 4.90 Å². The Kier molecular flexibility index (Phi) is 9.97. The first-order chi connectivity index (χ1) is 15.0. The summed E-state index contributed by atoms with van der Waals surface area (Å²) < 4.78 is 0. The van der Waals surface area contributed by atoms with E-state index in [-0.39, 0.29) is 18.5 Å². The molecule has 1 aromatic heterocycles. The summed E-state index contributed by atoms with van der Waals surface area (Å²) in [7, 11) is 1.86. The molecule has 1 saturated heterocycles. The average Bonchev–Trinajstić information content (AvgIpc) is 3.27. The van der Waals surface area contributed by atoms with Gasteiger partial charge in [0.15, 0.2) is 0 Å². The summed E-state index contributed by atoms with van der Waals surface area (Å²) in [5, 5.41) is 10.0. The standard InChI is InChI=1S/C23H32N4O.CH2O2/c1-4-21(22-12-11-18(2)15-24-22)25-23(28)26(3)16-19-9-5-6-10-20(19)17-27-13-7-8-14-27;2-1-3/h5-6,9-12,15,21H,4,7-8,13-14,16-17H2,1-3H3,(H,25,28);1H,(H,2,3). The lowest BCUT2D eigenvalue weighted by Gasteiger charge is -2.24. The number of pyridine rings is 1. The third-order valence-electron chi connectivity index (χ3n) is 5.46. The molecule has 1 aliphatic rings. The van der Waals surface area contributed by atoms with E-state index in [4.69, 9.17) is 9.90 Å². The lowest BCUT2D eigenvalue weighted by Crippen LogP contribution is -2.39. The highest BCUT2D eigenvalue weighted by Crippen LogP contribution is 2.18. The number of hydrogen-bond acceptors (Lipinski definition) is 4. The maximum atomic E-state index is 12.8. The van der Waals surface area contributed by atoms with Crippen LogP contribution in [-0.2, 0) is 17.9 Å². The van der Waals surface area contributed by atoms with Gasteiger partial charge < -0.3 is 15.3 Å². The molecule has 3 rings (SSSR count). The largest absolute Gasteiger partial charge is 0.483 e. The van der Waals surface area contributed by atoms with Crippen LogP contribution in [0.15, 0.2) is 42.6 Å². The van der Waals surface area contributed by atoms with Crippen LogP contribution in [0, 0.1) is 6.92 Å². The van der Waals surface area contributed by atoms with E-state index in [2.05, 4.69) is 46.4 Å². The van der Waals surface area contributed by atoms with Gasteiger partial charge in [-0.05, 0) is 62.0 Å². The van der Waals surface area contributed by atoms with Gasteiger partial charge in [-0.1, -0.05) is 37.3 Å². The second kappa shape index (κ2) is 12.7. The van der Waals surface area contributed by atoms with Gasteiger partial charge in [0.2, 0.25) is 0 Å². The van der Waals surface area contributed by atoms with Crippen LogP contribution in [0.5, 0.6) is 0 Å². The summed E-state index contributed by atoms with van der Waals surface area (Å²) in [6.07, 6.45) is 5.23. The van der Waals surface area contributed by atoms with Crippen LogP contribution in [0.25, 0.3) is 0 Å². The Morgan fingerprint density at radius 3 is 2.45 bits per heavy atom. The van der Waals surface area contributed by atoms with Crippen molar-refractivity contribution in [2.24, 2.45) is 0 Å². The number of hydrogen-bond donors (Lipinski definition) is 2. The van der Waals surface area contributed by atoms with Crippen molar-refractivity contribution in [2.45, 2.75) is 52.2 Å². The zero-order valence-corrected chi connectivity index (χ0v) is 18.8. The maximum absolute atomic E-state index is 12.8. The lowest BCUT2D eigenvalue weighted by molar-refractivity contribution is -0.122. The number of likely N-dealkylation sites (tertiary alicyclic amines) is 1. The Bertz CT molecular complexity index is 820. The second-order valence-electron chi connectivity index (χ2n) is 7.88. The van der Waals surface area contributed by atoms with Crippen molar-refractivity contribution in [3.63, 3.8) is 0 Å². The molecule has 1 atom stereocenters. The van der Waals surface area contributed by atoms with Crippen LogP contribution >= 0.6 is 0 Å². The number of aryl methyl sites for hydroxylation is 1. The number of amides is 2. The molecule has 0 radical (unpaired) electrons. The van der Waals surface area contributed by atoms with E-state index in [0.717, 1.165) is 24.2 Å². The van der Waals surface area contributed by atoms with E-state index >= 15 is 0 Å². The van der Waals surface area contributed by atoms with Crippen LogP contribution in [0.2, 0.25) is 0 Å². The van der Waals surface area contributed by atoms with E-state index in [9.17, 15) is 4.79 Å². The molecule has 2 N–H and O–H groups in total. The summed E-state index contributed by atoms with van der Waals surface area (Å²) in [6.45, 7) is 7.75. The molecule has 2 aromatic rings. The molecule has 0 aliphatic carbocycles. The number of nitrogens with zero attached hydrogens (tertiary/aromatic N) is 3. The first-order valence-corrected chi connectivity index (χ1v) is 10.8. The molecular formula is C24H34N4O3. The summed E-state index contributed by atoms with van der Waals surface area (Å²) in [5.41, 5.74) is 4.56. The minimum absolute atomic E-state index is 0.0646. The Labute approximate surface area is 185 Å². The fourth-order valence-corrected chi connectivity index (χ4v) is 3.70. The Balaban J connectivity index is 0.00000107. The molecule has 1 aromatic carbocycles. The SMILES string of the molecule is CCC(NC(=O)N(C)Cc1ccccc1CN1CCCC1)c1ccc(C)cn1.O=CO. The zero-order chi connectivity index (χ0) is 22.6. The highest BCUT2D eigenvalue weighted by atomic mass is 16.3. The number of nitrogens with one attached hydrogen (secondary N) is 1. The topological polar surface area (TPSA) is 85.8 Å². The Morgan fingerprint density at radius 2 is 1.87 bits per heavy atom. The average molecular weight is 427 g/mol. The summed E-state index contributed by atoms with van der Waals surface area (Å²) in [5.74, 6) is 0. The summed E-state index contributed by atoms with van der Waals surface area (Å²) >= 11 is 0. The first kappa shape index (κ1) is 24.3. The Hall–Kier alpha value is -2.93. The van der Waals surface area contributed by atoms with Crippen molar-refractivity contribution >= 4 is 12.5 Å². The molecule has 31 heavy (non-hydrogen) atoms. The van der Waals surface area contributed by atoms with Gasteiger partial charge in [0.25, 0.3) is 6.47 Å². The predicted octanol–water partition coefficient (Wildman–Crippen LogP) is 3.98. The number of aromatic nitrogens is 1. The fourth-order valence-electron chi connectivity index (χ4n) is 3.70. The van der Waals surface area contributed by atoms with Crippen LogP contribution < -0.4 is 5.32 Å². The summed E-state index contributed by atoms with van der Waals surface area (Å²) in [6, 6.07) is 12.4. The van der Waals surface area contributed by atoms with Gasteiger partial charge in [-0.3, -0.25) is 14.7 Å². The molecule has 7 nitrogen and oxygen atoms in total. The van der Waals surface area contributed by atoms with Gasteiger partial charge in [-0.25, -0.2) is 4.79 Å². The fraction of sp³-hybridized carbons (Fsp3) is 0.458. The second-order valence-corrected chi connectivity index (χ2v) is 7.88. The van der Waals surface area contributed by atoms with Gasteiger partial charge in [-0.15, -0.1) is 0 Å². The number of urea groups is 1. The Morgan fingerprint density at radius 1 is 1.23 bits per heavy atom. The molecular weight excluding hydrogens is 392 g/mol. The number of carboxylic acid groups (broad SMARTS) is 1. The molecule has 0 saturated carbocycles.